The van der Waals surface area contributed by atoms with E-state index in [1.165, 1.54) is 0 Å². The Hall–Kier alpha value is -1.88. The number of hydrogen-bond donors (Lipinski definition) is 1. The second-order valence-electron chi connectivity index (χ2n) is 4.31. The minimum Gasteiger partial charge on any atom is -0.384 e. The Morgan fingerprint density at radius 3 is 2.94 bits per heavy atom. The topological polar surface area (TPSA) is 52.0 Å². The molecule has 1 atom stereocenters. The van der Waals surface area contributed by atoms with Gasteiger partial charge in [0.2, 0.25) is 0 Å². The Morgan fingerprint density at radius 2 is 2.22 bits per heavy atom. The molecule has 1 heterocycles. The van der Waals surface area contributed by atoms with Crippen molar-refractivity contribution in [2.45, 2.75) is 6.92 Å². The van der Waals surface area contributed by atoms with E-state index in [2.05, 4.69) is 22.6 Å². The number of aromatic nitrogens is 3. The van der Waals surface area contributed by atoms with Crippen molar-refractivity contribution in [3.8, 4) is 5.69 Å². The van der Waals surface area contributed by atoms with E-state index in [-0.39, 0.29) is 0 Å². The largest absolute Gasteiger partial charge is 0.384 e. The van der Waals surface area contributed by atoms with Crippen LogP contribution in [0.2, 0.25) is 0 Å². The SMILES string of the molecule is COCC(C)CNc1ccccc1-n1ccnn1. The lowest BCUT2D eigenvalue weighted by molar-refractivity contribution is 0.164. The van der Waals surface area contributed by atoms with Crippen molar-refractivity contribution in [3.05, 3.63) is 36.7 Å². The average molecular weight is 246 g/mol. The molecule has 0 saturated heterocycles. The first-order chi connectivity index (χ1) is 8.81. The van der Waals surface area contributed by atoms with E-state index < -0.39 is 0 Å². The van der Waals surface area contributed by atoms with Gasteiger partial charge >= 0.3 is 0 Å². The normalized spacial score (nSPS) is 12.3. The molecule has 5 heteroatoms. The number of benzene rings is 1. The Balaban J connectivity index is 2.09. The molecule has 2 aromatic rings. The summed E-state index contributed by atoms with van der Waals surface area (Å²) in [6, 6.07) is 8.04. The van der Waals surface area contributed by atoms with Gasteiger partial charge in [0.25, 0.3) is 0 Å². The van der Waals surface area contributed by atoms with E-state index >= 15 is 0 Å². The molecule has 0 radical (unpaired) electrons. The van der Waals surface area contributed by atoms with Crippen molar-refractivity contribution in [1.82, 2.24) is 15.0 Å². The van der Waals surface area contributed by atoms with Crippen LogP contribution in [0, 0.1) is 5.92 Å². The summed E-state index contributed by atoms with van der Waals surface area (Å²) in [5.41, 5.74) is 2.05. The van der Waals surface area contributed by atoms with Crippen LogP contribution in [0.5, 0.6) is 0 Å². The van der Waals surface area contributed by atoms with Crippen molar-refractivity contribution in [1.29, 1.82) is 0 Å². The molecule has 1 N–H and O–H groups in total. The lowest BCUT2D eigenvalue weighted by Crippen LogP contribution is -2.16. The molecule has 0 aliphatic heterocycles. The third-order valence-electron chi connectivity index (χ3n) is 2.67. The smallest absolute Gasteiger partial charge is 0.0894 e. The second-order valence-corrected chi connectivity index (χ2v) is 4.31. The van der Waals surface area contributed by atoms with E-state index in [4.69, 9.17) is 4.74 Å². The third kappa shape index (κ3) is 3.07. The number of para-hydroxylation sites is 2. The average Bonchev–Trinajstić information content (AvgIpc) is 2.91. The first-order valence-corrected chi connectivity index (χ1v) is 6.00. The summed E-state index contributed by atoms with van der Waals surface area (Å²) in [5, 5.41) is 11.3. The molecule has 1 aromatic heterocycles. The van der Waals surface area contributed by atoms with Gasteiger partial charge in [0.1, 0.15) is 0 Å². The monoisotopic (exact) mass is 246 g/mol. The van der Waals surface area contributed by atoms with Gasteiger partial charge in [-0.05, 0) is 18.1 Å². The Kier molecular flexibility index (Phi) is 4.30. The first kappa shape index (κ1) is 12.6. The highest BCUT2D eigenvalue weighted by Crippen LogP contribution is 2.18. The third-order valence-corrected chi connectivity index (χ3v) is 2.67. The number of ether oxygens (including phenoxy) is 1. The van der Waals surface area contributed by atoms with Gasteiger partial charge in [-0.3, -0.25) is 0 Å². The molecule has 0 amide bonds. The molecule has 0 aliphatic carbocycles. The fraction of sp³-hybridized carbons (Fsp3) is 0.385. The molecule has 0 spiro atoms. The summed E-state index contributed by atoms with van der Waals surface area (Å²) >= 11 is 0. The highest BCUT2D eigenvalue weighted by molar-refractivity contribution is 5.60. The number of nitrogens with zero attached hydrogens (tertiary/aromatic N) is 3. The molecule has 0 bridgehead atoms. The molecule has 2 rings (SSSR count). The maximum atomic E-state index is 5.13. The quantitative estimate of drug-likeness (QED) is 0.846. The predicted octanol–water partition coefficient (Wildman–Crippen LogP) is 1.96. The van der Waals surface area contributed by atoms with Crippen LogP contribution in [0.4, 0.5) is 5.69 Å². The summed E-state index contributed by atoms with van der Waals surface area (Å²) in [7, 11) is 1.72. The molecule has 5 nitrogen and oxygen atoms in total. The van der Waals surface area contributed by atoms with Gasteiger partial charge in [0.05, 0.1) is 30.4 Å². The number of methoxy groups -OCH3 is 1. The number of nitrogens with one attached hydrogen (secondary N) is 1. The van der Waals surface area contributed by atoms with Crippen molar-refractivity contribution in [3.63, 3.8) is 0 Å². The highest BCUT2D eigenvalue weighted by atomic mass is 16.5. The highest BCUT2D eigenvalue weighted by Gasteiger charge is 2.06. The molecule has 0 saturated carbocycles. The molecular formula is C13H18N4O. The van der Waals surface area contributed by atoms with Gasteiger partial charge in [0.15, 0.2) is 0 Å². The van der Waals surface area contributed by atoms with Gasteiger partial charge in [0, 0.05) is 13.7 Å². The summed E-state index contributed by atoms with van der Waals surface area (Å²) in [4.78, 5) is 0. The molecule has 0 fully saturated rings. The van der Waals surface area contributed by atoms with Crippen LogP contribution in [-0.4, -0.2) is 35.3 Å². The molecular weight excluding hydrogens is 228 g/mol. The summed E-state index contributed by atoms with van der Waals surface area (Å²) in [5.74, 6) is 0.457. The predicted molar refractivity (Wildman–Crippen MR) is 70.9 cm³/mol. The van der Waals surface area contributed by atoms with Crippen LogP contribution in [0.15, 0.2) is 36.7 Å². The maximum absolute atomic E-state index is 5.13. The lowest BCUT2D eigenvalue weighted by Gasteiger charge is -2.15. The fourth-order valence-corrected chi connectivity index (χ4v) is 1.79. The number of anilines is 1. The maximum Gasteiger partial charge on any atom is 0.0894 e. The summed E-state index contributed by atoms with van der Waals surface area (Å²) in [6.07, 6.45) is 3.50. The molecule has 0 aliphatic rings. The van der Waals surface area contributed by atoms with Crippen LogP contribution < -0.4 is 5.32 Å². The fourth-order valence-electron chi connectivity index (χ4n) is 1.79. The van der Waals surface area contributed by atoms with E-state index in [1.807, 2.05) is 30.5 Å². The molecule has 18 heavy (non-hydrogen) atoms. The van der Waals surface area contributed by atoms with Crippen LogP contribution in [0.3, 0.4) is 0 Å². The standard InChI is InChI=1S/C13H18N4O/c1-11(10-18-2)9-14-12-5-3-4-6-13(12)17-8-7-15-16-17/h3-8,11,14H,9-10H2,1-2H3. The lowest BCUT2D eigenvalue weighted by atomic mass is 10.2. The van der Waals surface area contributed by atoms with Crippen molar-refractivity contribution in [2.75, 3.05) is 25.6 Å². The Bertz CT molecular complexity index is 470. The van der Waals surface area contributed by atoms with Crippen molar-refractivity contribution >= 4 is 5.69 Å². The van der Waals surface area contributed by atoms with E-state index in [9.17, 15) is 0 Å². The first-order valence-electron chi connectivity index (χ1n) is 6.00. The minimum absolute atomic E-state index is 0.457. The minimum atomic E-state index is 0.457. The Labute approximate surface area is 107 Å². The van der Waals surface area contributed by atoms with Crippen LogP contribution in [0.1, 0.15) is 6.92 Å². The second kappa shape index (κ2) is 6.16. The van der Waals surface area contributed by atoms with Crippen LogP contribution in [-0.2, 0) is 4.74 Å². The van der Waals surface area contributed by atoms with E-state index in [1.54, 1.807) is 18.0 Å². The Morgan fingerprint density at radius 1 is 1.39 bits per heavy atom. The van der Waals surface area contributed by atoms with Gasteiger partial charge in [-0.1, -0.05) is 24.3 Å². The number of rotatable bonds is 6. The molecule has 1 unspecified atom stereocenters. The summed E-state index contributed by atoms with van der Waals surface area (Å²) < 4.78 is 6.88. The van der Waals surface area contributed by atoms with Gasteiger partial charge in [-0.2, -0.15) is 0 Å². The van der Waals surface area contributed by atoms with Gasteiger partial charge in [-0.25, -0.2) is 4.68 Å². The zero-order valence-electron chi connectivity index (χ0n) is 10.7. The van der Waals surface area contributed by atoms with Gasteiger partial charge < -0.3 is 10.1 Å². The van der Waals surface area contributed by atoms with Crippen LogP contribution >= 0.6 is 0 Å². The molecule has 96 valence electrons. The van der Waals surface area contributed by atoms with Crippen molar-refractivity contribution in [2.24, 2.45) is 5.92 Å². The van der Waals surface area contributed by atoms with E-state index in [0.29, 0.717) is 5.92 Å². The van der Waals surface area contributed by atoms with Gasteiger partial charge in [-0.15, -0.1) is 5.10 Å². The molecule has 1 aromatic carbocycles. The number of hydrogen-bond acceptors (Lipinski definition) is 4. The van der Waals surface area contributed by atoms with Crippen LogP contribution in [0.25, 0.3) is 5.69 Å². The summed E-state index contributed by atoms with van der Waals surface area (Å²) in [6.45, 7) is 3.76. The van der Waals surface area contributed by atoms with Crippen molar-refractivity contribution < 1.29 is 4.74 Å². The zero-order valence-corrected chi connectivity index (χ0v) is 10.7. The zero-order chi connectivity index (χ0) is 12.8. The van der Waals surface area contributed by atoms with E-state index in [0.717, 1.165) is 24.5 Å².